The molecule has 158 valence electrons. The lowest BCUT2D eigenvalue weighted by Gasteiger charge is -2.14. The van der Waals surface area contributed by atoms with Gasteiger partial charge in [0.15, 0.2) is 11.5 Å². The lowest BCUT2D eigenvalue weighted by atomic mass is 10.00. The van der Waals surface area contributed by atoms with E-state index in [1.165, 1.54) is 5.56 Å². The predicted molar refractivity (Wildman–Crippen MR) is 134 cm³/mol. The van der Waals surface area contributed by atoms with Crippen molar-refractivity contribution in [3.05, 3.63) is 106 Å². The minimum atomic E-state index is 0.435. The topological polar surface area (TPSA) is 42.2 Å². The van der Waals surface area contributed by atoms with Gasteiger partial charge in [0.1, 0.15) is 6.61 Å². The third-order valence-corrected chi connectivity index (χ3v) is 5.84. The first-order valence-corrected chi connectivity index (χ1v) is 11.0. The Kier molecular flexibility index (Phi) is 6.58. The second kappa shape index (κ2) is 9.72. The van der Waals surface area contributed by atoms with E-state index in [4.69, 9.17) is 9.47 Å². The molecule has 0 aliphatic heterocycles. The van der Waals surface area contributed by atoms with Crippen molar-refractivity contribution in [1.29, 1.82) is 5.26 Å². The summed E-state index contributed by atoms with van der Waals surface area (Å²) < 4.78 is 12.4. The molecule has 0 aromatic heterocycles. The number of benzene rings is 4. The molecule has 0 bridgehead atoms. The van der Waals surface area contributed by atoms with Gasteiger partial charge in [0, 0.05) is 0 Å². The van der Waals surface area contributed by atoms with E-state index < -0.39 is 0 Å². The van der Waals surface area contributed by atoms with Crippen LogP contribution in [0.1, 0.15) is 22.3 Å². The first-order chi connectivity index (χ1) is 15.6. The number of nitrogens with zero attached hydrogens (tertiary/aromatic N) is 1. The van der Waals surface area contributed by atoms with Crippen LogP contribution in [-0.4, -0.2) is 7.11 Å². The van der Waals surface area contributed by atoms with Crippen LogP contribution in [-0.2, 0) is 6.61 Å². The second-order valence-electron chi connectivity index (χ2n) is 7.54. The highest BCUT2D eigenvalue weighted by molar-refractivity contribution is 9.10. The van der Waals surface area contributed by atoms with Crippen molar-refractivity contribution in [1.82, 2.24) is 0 Å². The Morgan fingerprint density at radius 1 is 0.969 bits per heavy atom. The summed E-state index contributed by atoms with van der Waals surface area (Å²) in [5, 5.41) is 12.1. The van der Waals surface area contributed by atoms with Crippen molar-refractivity contribution in [2.24, 2.45) is 0 Å². The van der Waals surface area contributed by atoms with Crippen LogP contribution in [0.2, 0.25) is 0 Å². The molecule has 32 heavy (non-hydrogen) atoms. The summed E-state index contributed by atoms with van der Waals surface area (Å²) in [4.78, 5) is 0. The van der Waals surface area contributed by atoms with Gasteiger partial charge < -0.3 is 9.47 Å². The highest BCUT2D eigenvalue weighted by Crippen LogP contribution is 2.38. The minimum absolute atomic E-state index is 0.435. The Morgan fingerprint density at radius 2 is 1.72 bits per heavy atom. The first kappa shape index (κ1) is 21.7. The van der Waals surface area contributed by atoms with Crippen LogP contribution in [0.15, 0.2) is 83.3 Å². The molecule has 0 N–H and O–H groups in total. The number of ether oxygens (including phenoxy) is 2. The Balaban J connectivity index is 1.63. The van der Waals surface area contributed by atoms with Crippen LogP contribution < -0.4 is 9.47 Å². The monoisotopic (exact) mass is 483 g/mol. The fraction of sp³-hybridized carbons (Fsp3) is 0.107. The predicted octanol–water partition coefficient (Wildman–Crippen LogP) is 7.56. The molecule has 0 unspecified atom stereocenters. The van der Waals surface area contributed by atoms with Crippen LogP contribution in [0.5, 0.6) is 11.5 Å². The Labute approximate surface area is 196 Å². The van der Waals surface area contributed by atoms with Gasteiger partial charge in [-0.1, -0.05) is 66.2 Å². The van der Waals surface area contributed by atoms with Gasteiger partial charge in [-0.05, 0) is 74.6 Å². The molecule has 0 heterocycles. The molecule has 4 aromatic carbocycles. The zero-order valence-corrected chi connectivity index (χ0v) is 19.5. The van der Waals surface area contributed by atoms with Gasteiger partial charge in [-0.15, -0.1) is 0 Å². The number of allylic oxidation sites excluding steroid dienone is 1. The van der Waals surface area contributed by atoms with Crippen molar-refractivity contribution in [2.45, 2.75) is 13.5 Å². The maximum atomic E-state index is 9.81. The fourth-order valence-corrected chi connectivity index (χ4v) is 4.08. The summed E-state index contributed by atoms with van der Waals surface area (Å²) >= 11 is 3.61. The fourth-order valence-electron chi connectivity index (χ4n) is 3.51. The highest BCUT2D eigenvalue weighted by Gasteiger charge is 2.12. The van der Waals surface area contributed by atoms with E-state index in [0.717, 1.165) is 31.9 Å². The summed E-state index contributed by atoms with van der Waals surface area (Å²) in [7, 11) is 1.61. The maximum Gasteiger partial charge on any atom is 0.175 e. The molecule has 0 saturated carbocycles. The minimum Gasteiger partial charge on any atom is -0.493 e. The highest BCUT2D eigenvalue weighted by atomic mass is 79.9. The summed E-state index contributed by atoms with van der Waals surface area (Å²) in [6.07, 6.45) is 1.86. The summed E-state index contributed by atoms with van der Waals surface area (Å²) in [5.74, 6) is 1.24. The SMILES string of the molecule is COc1cc(/C=C(/C#N)c2ccc3ccccc3c2)cc(Br)c1OCc1ccc(C)cc1. The number of rotatable bonds is 6. The number of halogens is 1. The van der Waals surface area contributed by atoms with Gasteiger partial charge in [0.2, 0.25) is 0 Å². The number of hydrogen-bond donors (Lipinski definition) is 0. The molecule has 0 fully saturated rings. The third kappa shape index (κ3) is 4.85. The molecule has 0 spiro atoms. The van der Waals surface area contributed by atoms with Crippen LogP contribution in [0, 0.1) is 18.3 Å². The van der Waals surface area contributed by atoms with Crippen LogP contribution in [0.3, 0.4) is 0 Å². The van der Waals surface area contributed by atoms with E-state index in [1.54, 1.807) is 7.11 Å². The standard InChI is InChI=1S/C28H22BrNO2/c1-19-7-9-20(10-8-19)18-32-28-26(29)14-21(15-27(28)31-2)13-25(17-30)24-12-11-22-5-3-4-6-23(22)16-24/h3-16H,18H2,1-2H3/b25-13-. The van der Waals surface area contributed by atoms with Gasteiger partial charge >= 0.3 is 0 Å². The molecule has 4 aromatic rings. The number of aryl methyl sites for hydroxylation is 1. The molecule has 3 nitrogen and oxygen atoms in total. The number of nitriles is 1. The molecule has 4 heteroatoms. The largest absolute Gasteiger partial charge is 0.493 e. The number of hydrogen-bond acceptors (Lipinski definition) is 3. The normalized spacial score (nSPS) is 11.2. The quantitative estimate of drug-likeness (QED) is 0.210. The average Bonchev–Trinajstić information content (AvgIpc) is 2.82. The molecular formula is C28H22BrNO2. The lowest BCUT2D eigenvalue weighted by Crippen LogP contribution is -1.99. The van der Waals surface area contributed by atoms with Gasteiger partial charge in [0.25, 0.3) is 0 Å². The van der Waals surface area contributed by atoms with E-state index in [2.05, 4.69) is 59.3 Å². The molecule has 0 atom stereocenters. The second-order valence-corrected chi connectivity index (χ2v) is 8.39. The van der Waals surface area contributed by atoms with E-state index in [0.29, 0.717) is 23.7 Å². The van der Waals surface area contributed by atoms with Crippen LogP contribution >= 0.6 is 15.9 Å². The van der Waals surface area contributed by atoms with E-state index in [9.17, 15) is 5.26 Å². The van der Waals surface area contributed by atoms with E-state index in [1.807, 2.05) is 54.6 Å². The molecular weight excluding hydrogens is 462 g/mol. The van der Waals surface area contributed by atoms with Gasteiger partial charge in [-0.25, -0.2) is 0 Å². The molecule has 4 rings (SSSR count). The zero-order valence-electron chi connectivity index (χ0n) is 17.9. The summed E-state index contributed by atoms with van der Waals surface area (Å²) in [6, 6.07) is 28.5. The van der Waals surface area contributed by atoms with Crippen molar-refractivity contribution >= 4 is 38.4 Å². The maximum absolute atomic E-state index is 9.81. The summed E-state index contributed by atoms with van der Waals surface area (Å²) in [5.41, 5.74) is 4.60. The first-order valence-electron chi connectivity index (χ1n) is 10.2. The lowest BCUT2D eigenvalue weighted by molar-refractivity contribution is 0.282. The van der Waals surface area contributed by atoms with E-state index in [-0.39, 0.29) is 0 Å². The number of methoxy groups -OCH3 is 1. The smallest absolute Gasteiger partial charge is 0.175 e. The van der Waals surface area contributed by atoms with Gasteiger partial charge in [-0.2, -0.15) is 5.26 Å². The average molecular weight is 484 g/mol. The van der Waals surface area contributed by atoms with Gasteiger partial charge in [0.05, 0.1) is 23.2 Å². The van der Waals surface area contributed by atoms with Crippen LogP contribution in [0.25, 0.3) is 22.4 Å². The van der Waals surface area contributed by atoms with Crippen LogP contribution in [0.4, 0.5) is 0 Å². The molecule has 0 aliphatic carbocycles. The van der Waals surface area contributed by atoms with E-state index >= 15 is 0 Å². The summed E-state index contributed by atoms with van der Waals surface area (Å²) in [6.45, 7) is 2.49. The van der Waals surface area contributed by atoms with Gasteiger partial charge in [-0.3, -0.25) is 0 Å². The van der Waals surface area contributed by atoms with Crippen molar-refractivity contribution < 1.29 is 9.47 Å². The third-order valence-electron chi connectivity index (χ3n) is 5.25. The molecule has 0 radical (unpaired) electrons. The molecule has 0 saturated heterocycles. The zero-order chi connectivity index (χ0) is 22.5. The Bertz CT molecular complexity index is 1330. The molecule has 0 amide bonds. The Hall–Kier alpha value is -3.55. The van der Waals surface area contributed by atoms with Crippen molar-refractivity contribution in [2.75, 3.05) is 7.11 Å². The number of fused-ring (bicyclic) bond motifs is 1. The molecule has 0 aliphatic rings. The Morgan fingerprint density at radius 3 is 2.44 bits per heavy atom. The van der Waals surface area contributed by atoms with Crippen molar-refractivity contribution in [3.63, 3.8) is 0 Å². The van der Waals surface area contributed by atoms with Crippen molar-refractivity contribution in [3.8, 4) is 17.6 Å².